The van der Waals surface area contributed by atoms with Crippen LogP contribution in [0.3, 0.4) is 0 Å². The maximum atomic E-state index is 12.7. The molecule has 0 saturated heterocycles. The van der Waals surface area contributed by atoms with E-state index in [1.54, 1.807) is 6.07 Å². The highest BCUT2D eigenvalue weighted by molar-refractivity contribution is 6.31. The average Bonchev–Trinajstić information content (AvgIpc) is 2.65. The van der Waals surface area contributed by atoms with Crippen molar-refractivity contribution < 1.29 is 13.2 Å². The topological polar surface area (TPSA) is 26.0 Å². The molecule has 0 amide bonds. The smallest absolute Gasteiger partial charge is 0.321 e. The number of benzene rings is 1. The van der Waals surface area contributed by atoms with Crippen LogP contribution in [0.15, 0.2) is 18.2 Å². The molecular weight excluding hydrogens is 251 g/mol. The number of halogens is 4. The van der Waals surface area contributed by atoms with Crippen LogP contribution in [-0.4, -0.2) is 0 Å². The lowest BCUT2D eigenvalue weighted by molar-refractivity contribution is -0.137. The Bertz CT molecular complexity index is 422. The molecule has 5 heteroatoms. The summed E-state index contributed by atoms with van der Waals surface area (Å²) in [5.41, 5.74) is 5.25. The Morgan fingerprint density at radius 1 is 1.18 bits per heavy atom. The van der Waals surface area contributed by atoms with Crippen LogP contribution in [0.5, 0.6) is 0 Å². The first-order valence-electron chi connectivity index (χ1n) is 5.49. The fraction of sp³-hybridized carbons (Fsp3) is 0.500. The van der Waals surface area contributed by atoms with Crippen LogP contribution in [-0.2, 0) is 11.7 Å². The molecule has 1 fully saturated rings. The standard InChI is InChI=1S/C12H13ClF3N/c13-10-4-3-8(7-9(10)12(14,15)16)11(17)5-1-2-6-11/h3-4,7H,1-2,5-6,17H2. The normalized spacial score (nSPS) is 19.6. The lowest BCUT2D eigenvalue weighted by Gasteiger charge is -2.25. The second-order valence-corrected chi connectivity index (χ2v) is 4.96. The van der Waals surface area contributed by atoms with Gasteiger partial charge in [-0.15, -0.1) is 0 Å². The average molecular weight is 264 g/mol. The fourth-order valence-corrected chi connectivity index (χ4v) is 2.57. The minimum atomic E-state index is -4.43. The van der Waals surface area contributed by atoms with Crippen molar-refractivity contribution in [3.8, 4) is 0 Å². The molecular formula is C12H13ClF3N. The first-order valence-corrected chi connectivity index (χ1v) is 5.87. The van der Waals surface area contributed by atoms with Crippen LogP contribution in [0.25, 0.3) is 0 Å². The van der Waals surface area contributed by atoms with Gasteiger partial charge in [-0.2, -0.15) is 13.2 Å². The second-order valence-electron chi connectivity index (χ2n) is 4.56. The molecule has 2 N–H and O–H groups in total. The van der Waals surface area contributed by atoms with Crippen molar-refractivity contribution in [2.45, 2.75) is 37.4 Å². The summed E-state index contributed by atoms with van der Waals surface area (Å²) in [6, 6.07) is 3.98. The molecule has 1 aliphatic rings. The highest BCUT2D eigenvalue weighted by Gasteiger charge is 2.37. The van der Waals surface area contributed by atoms with Crippen molar-refractivity contribution >= 4 is 11.6 Å². The Balaban J connectivity index is 2.44. The van der Waals surface area contributed by atoms with Crippen LogP contribution in [0.2, 0.25) is 5.02 Å². The van der Waals surface area contributed by atoms with Gasteiger partial charge in [0.15, 0.2) is 0 Å². The van der Waals surface area contributed by atoms with Crippen molar-refractivity contribution in [2.75, 3.05) is 0 Å². The molecule has 2 rings (SSSR count). The molecule has 1 nitrogen and oxygen atoms in total. The molecule has 1 aromatic carbocycles. The van der Waals surface area contributed by atoms with Crippen molar-refractivity contribution in [1.82, 2.24) is 0 Å². The summed E-state index contributed by atoms with van der Waals surface area (Å²) in [6.07, 6.45) is -1.05. The predicted molar refractivity (Wildman–Crippen MR) is 60.8 cm³/mol. The first kappa shape index (κ1) is 12.7. The molecule has 0 unspecified atom stereocenters. The van der Waals surface area contributed by atoms with Crippen LogP contribution >= 0.6 is 11.6 Å². The predicted octanol–water partition coefficient (Wildman–Crippen LogP) is 4.09. The van der Waals surface area contributed by atoms with E-state index in [0.717, 1.165) is 31.7 Å². The summed E-state index contributed by atoms with van der Waals surface area (Å²) in [6.45, 7) is 0. The number of nitrogens with two attached hydrogens (primary N) is 1. The van der Waals surface area contributed by atoms with E-state index < -0.39 is 17.3 Å². The number of hydrogen-bond acceptors (Lipinski definition) is 1. The Hall–Kier alpha value is -0.740. The van der Waals surface area contributed by atoms with Gasteiger partial charge in [-0.05, 0) is 30.5 Å². The third-order valence-electron chi connectivity index (χ3n) is 3.34. The molecule has 17 heavy (non-hydrogen) atoms. The minimum Gasteiger partial charge on any atom is -0.321 e. The summed E-state index contributed by atoms with van der Waals surface area (Å²) < 4.78 is 38.1. The molecule has 0 atom stereocenters. The van der Waals surface area contributed by atoms with Gasteiger partial charge in [0.2, 0.25) is 0 Å². The van der Waals surface area contributed by atoms with Gasteiger partial charge in [-0.1, -0.05) is 30.5 Å². The van der Waals surface area contributed by atoms with E-state index in [2.05, 4.69) is 0 Å². The molecule has 1 saturated carbocycles. The van der Waals surface area contributed by atoms with Crippen LogP contribution < -0.4 is 5.73 Å². The molecule has 0 heterocycles. The first-order chi connectivity index (χ1) is 7.83. The minimum absolute atomic E-state index is 0.275. The van der Waals surface area contributed by atoms with Crippen molar-refractivity contribution in [1.29, 1.82) is 0 Å². The van der Waals surface area contributed by atoms with E-state index in [9.17, 15) is 13.2 Å². The largest absolute Gasteiger partial charge is 0.417 e. The quantitative estimate of drug-likeness (QED) is 0.811. The van der Waals surface area contributed by atoms with E-state index in [4.69, 9.17) is 17.3 Å². The molecule has 94 valence electrons. The third-order valence-corrected chi connectivity index (χ3v) is 3.67. The molecule has 0 aromatic heterocycles. The highest BCUT2D eigenvalue weighted by Crippen LogP contribution is 2.41. The van der Waals surface area contributed by atoms with Crippen LogP contribution in [0.1, 0.15) is 36.8 Å². The molecule has 0 bridgehead atoms. The van der Waals surface area contributed by atoms with Gasteiger partial charge in [0, 0.05) is 5.54 Å². The Kier molecular flexibility index (Phi) is 3.12. The second kappa shape index (κ2) is 4.18. The van der Waals surface area contributed by atoms with E-state index >= 15 is 0 Å². The Labute approximate surface area is 103 Å². The van der Waals surface area contributed by atoms with E-state index in [1.165, 1.54) is 6.07 Å². The van der Waals surface area contributed by atoms with Gasteiger partial charge in [-0.3, -0.25) is 0 Å². The van der Waals surface area contributed by atoms with Crippen LogP contribution in [0, 0.1) is 0 Å². The summed E-state index contributed by atoms with van der Waals surface area (Å²) >= 11 is 5.57. The lowest BCUT2D eigenvalue weighted by Crippen LogP contribution is -2.33. The monoisotopic (exact) mass is 263 g/mol. The van der Waals surface area contributed by atoms with E-state index in [1.807, 2.05) is 0 Å². The van der Waals surface area contributed by atoms with E-state index in [0.29, 0.717) is 5.56 Å². The number of alkyl halides is 3. The highest BCUT2D eigenvalue weighted by atomic mass is 35.5. The van der Waals surface area contributed by atoms with Gasteiger partial charge in [-0.25, -0.2) is 0 Å². The van der Waals surface area contributed by atoms with Gasteiger partial charge < -0.3 is 5.73 Å². The number of rotatable bonds is 1. The Morgan fingerprint density at radius 3 is 2.29 bits per heavy atom. The number of hydrogen-bond donors (Lipinski definition) is 1. The van der Waals surface area contributed by atoms with Gasteiger partial charge in [0.1, 0.15) is 0 Å². The van der Waals surface area contributed by atoms with Gasteiger partial charge in [0.05, 0.1) is 10.6 Å². The van der Waals surface area contributed by atoms with Crippen molar-refractivity contribution in [3.63, 3.8) is 0 Å². The van der Waals surface area contributed by atoms with Crippen molar-refractivity contribution in [2.24, 2.45) is 5.73 Å². The van der Waals surface area contributed by atoms with Crippen molar-refractivity contribution in [3.05, 3.63) is 34.3 Å². The third kappa shape index (κ3) is 2.43. The lowest BCUT2D eigenvalue weighted by atomic mass is 9.88. The summed E-state index contributed by atoms with van der Waals surface area (Å²) in [4.78, 5) is 0. The van der Waals surface area contributed by atoms with Crippen LogP contribution in [0.4, 0.5) is 13.2 Å². The Morgan fingerprint density at radius 2 is 1.76 bits per heavy atom. The zero-order chi connectivity index (χ0) is 12.7. The fourth-order valence-electron chi connectivity index (χ4n) is 2.35. The molecule has 1 aromatic rings. The maximum Gasteiger partial charge on any atom is 0.417 e. The molecule has 1 aliphatic carbocycles. The summed E-state index contributed by atoms with van der Waals surface area (Å²) in [7, 11) is 0. The molecule has 0 spiro atoms. The maximum absolute atomic E-state index is 12.7. The van der Waals surface area contributed by atoms with Gasteiger partial charge >= 0.3 is 6.18 Å². The SMILES string of the molecule is NC1(c2ccc(Cl)c(C(F)(F)F)c2)CCCC1. The van der Waals surface area contributed by atoms with Gasteiger partial charge in [0.25, 0.3) is 0 Å². The zero-order valence-corrected chi connectivity index (χ0v) is 9.91. The summed E-state index contributed by atoms with van der Waals surface area (Å²) in [5, 5.41) is -0.275. The zero-order valence-electron chi connectivity index (χ0n) is 9.15. The summed E-state index contributed by atoms with van der Waals surface area (Å²) in [5.74, 6) is 0. The molecule has 0 aliphatic heterocycles. The van der Waals surface area contributed by atoms with E-state index in [-0.39, 0.29) is 5.02 Å². The molecule has 0 radical (unpaired) electrons.